The first-order valence-electron chi connectivity index (χ1n) is 8.40. The highest BCUT2D eigenvalue weighted by molar-refractivity contribution is 7.99. The second kappa shape index (κ2) is 8.89. The molecule has 0 aliphatic carbocycles. The van der Waals surface area contributed by atoms with E-state index in [0.29, 0.717) is 27.8 Å². The monoisotopic (exact) mass is 419 g/mol. The molecule has 0 amide bonds. The Bertz CT molecular complexity index is 947. The van der Waals surface area contributed by atoms with Gasteiger partial charge in [-0.15, -0.1) is 0 Å². The van der Waals surface area contributed by atoms with Gasteiger partial charge in [0.05, 0.1) is 16.8 Å². The van der Waals surface area contributed by atoms with Gasteiger partial charge in [-0.2, -0.15) is 0 Å². The van der Waals surface area contributed by atoms with Crippen LogP contribution in [-0.4, -0.2) is 10.2 Å². The van der Waals surface area contributed by atoms with Crippen molar-refractivity contribution in [3.8, 4) is 5.75 Å². The number of halogens is 2. The predicted octanol–water partition coefficient (Wildman–Crippen LogP) is 6.52. The van der Waals surface area contributed by atoms with Crippen molar-refractivity contribution >= 4 is 40.7 Å². The minimum atomic E-state index is -0.813. The van der Waals surface area contributed by atoms with Gasteiger partial charge < -0.3 is 15.5 Å². The van der Waals surface area contributed by atoms with Crippen LogP contribution in [0.25, 0.3) is 0 Å². The molecule has 0 radical (unpaired) electrons. The summed E-state index contributed by atoms with van der Waals surface area (Å²) < 4.78 is 0. The molecule has 0 heterocycles. The lowest BCUT2D eigenvalue weighted by Gasteiger charge is -2.16. The smallest absolute Gasteiger partial charge is 0.144 e. The Morgan fingerprint density at radius 2 is 1.67 bits per heavy atom. The third-order valence-corrected chi connectivity index (χ3v) is 5.91. The topological polar surface area (TPSA) is 52.5 Å². The molecular formula is C21H19Cl2NO2S. The summed E-state index contributed by atoms with van der Waals surface area (Å²) in [6.07, 6.45) is -0.813. The molecule has 1 unspecified atom stereocenters. The van der Waals surface area contributed by atoms with Crippen LogP contribution in [0.1, 0.15) is 24.2 Å². The van der Waals surface area contributed by atoms with Gasteiger partial charge in [0.1, 0.15) is 5.75 Å². The van der Waals surface area contributed by atoms with Crippen LogP contribution in [0, 0.1) is 0 Å². The fourth-order valence-electron chi connectivity index (χ4n) is 2.66. The summed E-state index contributed by atoms with van der Waals surface area (Å²) in [5.41, 5.74) is 1.93. The van der Waals surface area contributed by atoms with Crippen molar-refractivity contribution in [2.45, 2.75) is 29.4 Å². The molecule has 27 heavy (non-hydrogen) atoms. The maximum Gasteiger partial charge on any atom is 0.144 e. The van der Waals surface area contributed by atoms with Gasteiger partial charge in [0, 0.05) is 26.9 Å². The van der Waals surface area contributed by atoms with Crippen LogP contribution >= 0.6 is 35.0 Å². The number of hydrogen-bond acceptors (Lipinski definition) is 4. The molecule has 0 saturated carbocycles. The molecule has 0 aliphatic heterocycles. The maximum atomic E-state index is 10.4. The van der Waals surface area contributed by atoms with Crippen LogP contribution in [0.4, 0.5) is 5.69 Å². The Kier molecular flexibility index (Phi) is 6.55. The molecule has 3 aromatic rings. The standard InChI is InChI=1S/C21H19Cl2NO2S/c1-13(25)16-10-15(22)11-18(21(16)26)24-12-14-6-2-4-8-19(14)27-20-9-5-3-7-17(20)23/h2-11,13,24-26H,12H2,1H3. The Labute approximate surface area is 173 Å². The lowest BCUT2D eigenvalue weighted by atomic mass is 10.1. The number of aliphatic hydroxyl groups excluding tert-OH is 1. The zero-order chi connectivity index (χ0) is 19.4. The molecule has 0 aromatic heterocycles. The number of phenolic OH excluding ortho intramolecular Hbond substituents is 1. The molecule has 140 valence electrons. The van der Waals surface area contributed by atoms with Crippen molar-refractivity contribution in [3.63, 3.8) is 0 Å². The van der Waals surface area contributed by atoms with Gasteiger partial charge in [-0.3, -0.25) is 0 Å². The normalized spacial score (nSPS) is 12.0. The summed E-state index contributed by atoms with van der Waals surface area (Å²) in [7, 11) is 0. The molecule has 0 spiro atoms. The Morgan fingerprint density at radius 1 is 1.00 bits per heavy atom. The van der Waals surface area contributed by atoms with E-state index < -0.39 is 6.10 Å². The Morgan fingerprint density at radius 3 is 2.37 bits per heavy atom. The van der Waals surface area contributed by atoms with Crippen molar-refractivity contribution in [2.75, 3.05) is 5.32 Å². The summed E-state index contributed by atoms with van der Waals surface area (Å²) >= 11 is 14.0. The molecule has 3 rings (SSSR count). The number of phenols is 1. The van der Waals surface area contributed by atoms with Gasteiger partial charge in [-0.05, 0) is 42.8 Å². The van der Waals surface area contributed by atoms with E-state index in [9.17, 15) is 10.2 Å². The number of nitrogens with one attached hydrogen (secondary N) is 1. The van der Waals surface area contributed by atoms with E-state index in [4.69, 9.17) is 23.2 Å². The Hall–Kier alpha value is -1.85. The third kappa shape index (κ3) is 4.90. The van der Waals surface area contributed by atoms with E-state index in [-0.39, 0.29) is 5.75 Å². The number of aliphatic hydroxyl groups is 1. The number of anilines is 1. The largest absolute Gasteiger partial charge is 0.505 e. The van der Waals surface area contributed by atoms with Gasteiger partial charge in [-0.1, -0.05) is 65.3 Å². The van der Waals surface area contributed by atoms with E-state index in [0.717, 1.165) is 15.4 Å². The first-order chi connectivity index (χ1) is 13.0. The first-order valence-corrected chi connectivity index (χ1v) is 9.97. The molecule has 3 N–H and O–H groups in total. The van der Waals surface area contributed by atoms with E-state index in [1.54, 1.807) is 30.8 Å². The van der Waals surface area contributed by atoms with Gasteiger partial charge >= 0.3 is 0 Å². The zero-order valence-corrected chi connectivity index (χ0v) is 16.9. The second-order valence-corrected chi connectivity index (χ2v) is 7.99. The van der Waals surface area contributed by atoms with E-state index in [2.05, 4.69) is 5.32 Å². The zero-order valence-electron chi connectivity index (χ0n) is 14.6. The summed E-state index contributed by atoms with van der Waals surface area (Å²) in [6, 6.07) is 18.9. The number of hydrogen-bond donors (Lipinski definition) is 3. The first kappa shape index (κ1) is 19.9. The number of aromatic hydroxyl groups is 1. The predicted molar refractivity (Wildman–Crippen MR) is 113 cm³/mol. The van der Waals surface area contributed by atoms with Gasteiger partial charge in [-0.25, -0.2) is 0 Å². The SMILES string of the molecule is CC(O)c1cc(Cl)cc(NCc2ccccc2Sc2ccccc2Cl)c1O. The lowest BCUT2D eigenvalue weighted by molar-refractivity contribution is 0.195. The van der Waals surface area contributed by atoms with Gasteiger partial charge in [0.15, 0.2) is 0 Å². The quantitative estimate of drug-likeness (QED) is 0.398. The average Bonchev–Trinajstić information content (AvgIpc) is 2.65. The average molecular weight is 420 g/mol. The maximum absolute atomic E-state index is 10.4. The summed E-state index contributed by atoms with van der Waals surface area (Å²) in [5, 5.41) is 24.6. The number of benzene rings is 3. The lowest BCUT2D eigenvalue weighted by Crippen LogP contribution is -2.03. The molecular weight excluding hydrogens is 401 g/mol. The van der Waals surface area contributed by atoms with E-state index >= 15 is 0 Å². The highest BCUT2D eigenvalue weighted by Gasteiger charge is 2.14. The molecule has 0 bridgehead atoms. The van der Waals surface area contributed by atoms with Crippen molar-refractivity contribution in [1.82, 2.24) is 0 Å². The Balaban J connectivity index is 1.83. The second-order valence-electron chi connectivity index (χ2n) is 6.06. The minimum absolute atomic E-state index is 0.00522. The minimum Gasteiger partial charge on any atom is -0.505 e. The summed E-state index contributed by atoms with van der Waals surface area (Å²) in [5.74, 6) is 0.00522. The van der Waals surface area contributed by atoms with Crippen molar-refractivity contribution in [2.24, 2.45) is 0 Å². The highest BCUT2D eigenvalue weighted by atomic mass is 35.5. The van der Waals surface area contributed by atoms with Gasteiger partial charge in [0.25, 0.3) is 0 Å². The van der Waals surface area contributed by atoms with Crippen LogP contribution < -0.4 is 5.32 Å². The molecule has 0 aliphatic rings. The molecule has 0 saturated heterocycles. The van der Waals surface area contributed by atoms with Gasteiger partial charge in [0.2, 0.25) is 0 Å². The molecule has 0 fully saturated rings. The number of rotatable bonds is 6. The van der Waals surface area contributed by atoms with Crippen LogP contribution in [-0.2, 0) is 6.54 Å². The molecule has 6 heteroatoms. The summed E-state index contributed by atoms with van der Waals surface area (Å²) in [6.45, 7) is 2.07. The third-order valence-electron chi connectivity index (χ3n) is 4.05. The highest BCUT2D eigenvalue weighted by Crippen LogP contribution is 2.37. The van der Waals surface area contributed by atoms with Crippen molar-refractivity contribution < 1.29 is 10.2 Å². The van der Waals surface area contributed by atoms with Crippen molar-refractivity contribution in [3.05, 3.63) is 81.8 Å². The molecule has 1 atom stereocenters. The fourth-order valence-corrected chi connectivity index (χ4v) is 4.10. The van der Waals surface area contributed by atoms with E-state index in [1.165, 1.54) is 0 Å². The van der Waals surface area contributed by atoms with E-state index in [1.807, 2.05) is 48.5 Å². The summed E-state index contributed by atoms with van der Waals surface area (Å²) in [4.78, 5) is 2.05. The fraction of sp³-hybridized carbons (Fsp3) is 0.143. The van der Waals surface area contributed by atoms with Crippen LogP contribution in [0.15, 0.2) is 70.5 Å². The van der Waals surface area contributed by atoms with Crippen LogP contribution in [0.5, 0.6) is 5.75 Å². The van der Waals surface area contributed by atoms with Crippen LogP contribution in [0.2, 0.25) is 10.0 Å². The van der Waals surface area contributed by atoms with Crippen LogP contribution in [0.3, 0.4) is 0 Å². The molecule has 3 nitrogen and oxygen atoms in total. The van der Waals surface area contributed by atoms with Crippen molar-refractivity contribution in [1.29, 1.82) is 0 Å². The molecule has 3 aromatic carbocycles.